The monoisotopic (exact) mass is 322 g/mol. The van der Waals surface area contributed by atoms with E-state index in [4.69, 9.17) is 0 Å². The Balaban J connectivity index is 1.73. The maximum Gasteiger partial charge on any atom is 0.225 e. The van der Waals surface area contributed by atoms with Crippen LogP contribution in [0.2, 0.25) is 0 Å². The summed E-state index contributed by atoms with van der Waals surface area (Å²) in [4.78, 5) is 20.8. The number of pyridine rings is 1. The largest absolute Gasteiger partial charge is 0.339 e. The zero-order valence-corrected chi connectivity index (χ0v) is 14.0. The molecule has 5 heteroatoms. The number of imidazole rings is 1. The fourth-order valence-electron chi connectivity index (χ4n) is 3.20. The van der Waals surface area contributed by atoms with Crippen LogP contribution in [0.5, 0.6) is 0 Å². The van der Waals surface area contributed by atoms with E-state index >= 15 is 0 Å². The van der Waals surface area contributed by atoms with Crippen molar-refractivity contribution in [3.8, 4) is 11.8 Å². The molecule has 124 valence electrons. The Morgan fingerprint density at radius 3 is 2.88 bits per heavy atom. The van der Waals surface area contributed by atoms with Crippen LogP contribution in [-0.2, 0) is 11.8 Å². The van der Waals surface area contributed by atoms with E-state index in [2.05, 4.69) is 27.1 Å². The molecule has 0 unspecified atom stereocenters. The van der Waals surface area contributed by atoms with Gasteiger partial charge in [0.25, 0.3) is 0 Å². The van der Waals surface area contributed by atoms with Gasteiger partial charge in [0.1, 0.15) is 5.69 Å². The third kappa shape index (κ3) is 4.23. The molecule has 1 aliphatic carbocycles. The summed E-state index contributed by atoms with van der Waals surface area (Å²) in [6.45, 7) is 0. The molecule has 0 spiro atoms. The lowest BCUT2D eigenvalue weighted by Gasteiger charge is -2.31. The number of carbonyl (C=O) groups is 1. The van der Waals surface area contributed by atoms with E-state index in [1.54, 1.807) is 18.7 Å². The number of carbonyl (C=O) groups excluding carboxylic acids is 1. The second-order valence-corrected chi connectivity index (χ2v) is 6.48. The van der Waals surface area contributed by atoms with Gasteiger partial charge in [-0.3, -0.25) is 9.78 Å². The van der Waals surface area contributed by atoms with Crippen molar-refractivity contribution in [1.82, 2.24) is 14.5 Å². The number of amides is 1. The Morgan fingerprint density at radius 2 is 2.21 bits per heavy atom. The van der Waals surface area contributed by atoms with E-state index in [-0.39, 0.29) is 11.3 Å². The smallest absolute Gasteiger partial charge is 0.225 e. The number of nitrogens with zero attached hydrogens (tertiary/aromatic N) is 3. The first-order valence-corrected chi connectivity index (χ1v) is 8.36. The Labute approximate surface area is 142 Å². The van der Waals surface area contributed by atoms with Crippen LogP contribution in [0.3, 0.4) is 0 Å². The third-order valence-electron chi connectivity index (χ3n) is 4.42. The number of nitrogens with one attached hydrogen (secondary N) is 1. The molecular weight excluding hydrogens is 300 g/mol. The average Bonchev–Trinajstić information content (AvgIpc) is 3.00. The van der Waals surface area contributed by atoms with Crippen molar-refractivity contribution in [3.05, 3.63) is 42.7 Å². The van der Waals surface area contributed by atoms with Gasteiger partial charge < -0.3 is 9.88 Å². The highest BCUT2D eigenvalue weighted by Gasteiger charge is 2.32. The van der Waals surface area contributed by atoms with Gasteiger partial charge in [0.15, 0.2) is 0 Å². The lowest BCUT2D eigenvalue weighted by Crippen LogP contribution is -2.28. The van der Waals surface area contributed by atoms with Crippen molar-refractivity contribution in [1.29, 1.82) is 0 Å². The fourth-order valence-corrected chi connectivity index (χ4v) is 3.20. The lowest BCUT2D eigenvalue weighted by molar-refractivity contribution is -0.118. The molecule has 0 radical (unpaired) electrons. The van der Waals surface area contributed by atoms with Crippen LogP contribution in [0.15, 0.2) is 37.1 Å². The molecule has 1 amide bonds. The number of hydrogen-bond acceptors (Lipinski definition) is 3. The summed E-state index contributed by atoms with van der Waals surface area (Å²) in [6, 6.07) is 3.66. The quantitative estimate of drug-likeness (QED) is 0.883. The van der Waals surface area contributed by atoms with E-state index in [1.165, 1.54) is 6.42 Å². The van der Waals surface area contributed by atoms with E-state index in [0.29, 0.717) is 6.42 Å². The number of aryl methyl sites for hydroxylation is 1. The summed E-state index contributed by atoms with van der Waals surface area (Å²) < 4.78 is 1.88. The highest BCUT2D eigenvalue weighted by molar-refractivity contribution is 5.91. The third-order valence-corrected chi connectivity index (χ3v) is 4.42. The normalized spacial score (nSPS) is 16.0. The first kappa shape index (κ1) is 16.3. The molecule has 0 atom stereocenters. The van der Waals surface area contributed by atoms with Gasteiger partial charge in [-0.05, 0) is 30.9 Å². The molecule has 24 heavy (non-hydrogen) atoms. The topological polar surface area (TPSA) is 59.8 Å². The molecule has 5 nitrogen and oxygen atoms in total. The molecule has 1 fully saturated rings. The summed E-state index contributed by atoms with van der Waals surface area (Å²) in [6.07, 6.45) is 12.8. The molecule has 0 aliphatic heterocycles. The number of anilines is 1. The molecule has 2 heterocycles. The Kier molecular flexibility index (Phi) is 4.95. The van der Waals surface area contributed by atoms with Crippen molar-refractivity contribution in [3.63, 3.8) is 0 Å². The van der Waals surface area contributed by atoms with Crippen LogP contribution < -0.4 is 5.32 Å². The Hall–Kier alpha value is -2.61. The molecule has 2 aromatic heterocycles. The molecule has 2 aromatic rings. The van der Waals surface area contributed by atoms with Crippen LogP contribution >= 0.6 is 0 Å². The van der Waals surface area contributed by atoms with E-state index in [0.717, 1.165) is 37.1 Å². The number of rotatable bonds is 3. The Bertz CT molecular complexity index is 748. The Morgan fingerprint density at radius 1 is 1.38 bits per heavy atom. The molecule has 1 saturated carbocycles. The van der Waals surface area contributed by atoms with Gasteiger partial charge >= 0.3 is 0 Å². The summed E-state index contributed by atoms with van der Waals surface area (Å²) >= 11 is 0. The van der Waals surface area contributed by atoms with Crippen LogP contribution in [0.4, 0.5) is 5.69 Å². The van der Waals surface area contributed by atoms with Gasteiger partial charge in [-0.15, -0.1) is 0 Å². The van der Waals surface area contributed by atoms with Gasteiger partial charge in [0.2, 0.25) is 5.91 Å². The zero-order chi connectivity index (χ0) is 16.8. The predicted molar refractivity (Wildman–Crippen MR) is 93.1 cm³/mol. The van der Waals surface area contributed by atoms with E-state index in [1.807, 2.05) is 29.9 Å². The molecule has 0 aromatic carbocycles. The minimum atomic E-state index is -0.248. The zero-order valence-electron chi connectivity index (χ0n) is 14.0. The molecule has 1 aliphatic rings. The standard InChI is InChI=1S/C19H22N4O/c1-23-14-17(21-15-23)7-10-19(8-3-2-4-9-19)12-18(24)22-16-6-5-11-20-13-16/h5-6,11,13-15H,2-4,8-9,12H2,1H3,(H,22,24). The van der Waals surface area contributed by atoms with Crippen molar-refractivity contribution < 1.29 is 4.79 Å². The number of hydrogen-bond donors (Lipinski definition) is 1. The van der Waals surface area contributed by atoms with E-state index in [9.17, 15) is 4.79 Å². The second kappa shape index (κ2) is 7.31. The van der Waals surface area contributed by atoms with Crippen LogP contribution in [0.1, 0.15) is 44.2 Å². The molecule has 0 bridgehead atoms. The second-order valence-electron chi connectivity index (χ2n) is 6.48. The van der Waals surface area contributed by atoms with Gasteiger partial charge in [0.05, 0.1) is 18.2 Å². The molecule has 3 rings (SSSR count). The first-order valence-electron chi connectivity index (χ1n) is 8.36. The first-order chi connectivity index (χ1) is 11.7. The van der Waals surface area contributed by atoms with E-state index < -0.39 is 0 Å². The fraction of sp³-hybridized carbons (Fsp3) is 0.421. The highest BCUT2D eigenvalue weighted by atomic mass is 16.1. The van der Waals surface area contributed by atoms with Crippen molar-refractivity contribution in [2.45, 2.75) is 38.5 Å². The van der Waals surface area contributed by atoms with Gasteiger partial charge in [-0.25, -0.2) is 4.98 Å². The van der Waals surface area contributed by atoms with Crippen LogP contribution in [-0.4, -0.2) is 20.4 Å². The van der Waals surface area contributed by atoms with Crippen LogP contribution in [0, 0.1) is 17.3 Å². The maximum absolute atomic E-state index is 12.5. The predicted octanol–water partition coefficient (Wildman–Crippen LogP) is 3.15. The molecular formula is C19H22N4O. The van der Waals surface area contributed by atoms with Crippen molar-refractivity contribution in [2.24, 2.45) is 12.5 Å². The highest BCUT2D eigenvalue weighted by Crippen LogP contribution is 2.39. The minimum Gasteiger partial charge on any atom is -0.339 e. The van der Waals surface area contributed by atoms with Gasteiger partial charge in [0, 0.05) is 31.3 Å². The van der Waals surface area contributed by atoms with Crippen LogP contribution in [0.25, 0.3) is 0 Å². The SMILES string of the molecule is Cn1cnc(C#CC2(CC(=O)Nc3cccnc3)CCCCC2)c1. The summed E-state index contributed by atoms with van der Waals surface area (Å²) in [5.41, 5.74) is 1.24. The summed E-state index contributed by atoms with van der Waals surface area (Å²) in [5.74, 6) is 6.55. The van der Waals surface area contributed by atoms with Crippen molar-refractivity contribution in [2.75, 3.05) is 5.32 Å². The van der Waals surface area contributed by atoms with Gasteiger partial charge in [-0.1, -0.05) is 25.2 Å². The number of aromatic nitrogens is 3. The minimum absolute atomic E-state index is 0.000205. The van der Waals surface area contributed by atoms with Gasteiger partial charge in [-0.2, -0.15) is 0 Å². The molecule has 0 saturated heterocycles. The average molecular weight is 322 g/mol. The maximum atomic E-state index is 12.5. The lowest BCUT2D eigenvalue weighted by atomic mass is 9.72. The summed E-state index contributed by atoms with van der Waals surface area (Å²) in [5, 5.41) is 2.93. The van der Waals surface area contributed by atoms with Crippen molar-refractivity contribution >= 4 is 11.6 Å². The summed E-state index contributed by atoms with van der Waals surface area (Å²) in [7, 11) is 1.93. The molecule has 1 N–H and O–H groups in total.